The maximum atomic E-state index is 11.8. The van der Waals surface area contributed by atoms with Gasteiger partial charge < -0.3 is 5.43 Å². The minimum atomic E-state index is -4.06. The van der Waals surface area contributed by atoms with E-state index in [1.54, 1.807) is 0 Å². The first-order valence-corrected chi connectivity index (χ1v) is 6.25. The van der Waals surface area contributed by atoms with Gasteiger partial charge in [-0.05, 0) is 12.1 Å². The summed E-state index contributed by atoms with van der Waals surface area (Å²) in [5.74, 6) is 0. The highest BCUT2D eigenvalue weighted by Gasteiger charge is 2.23. The van der Waals surface area contributed by atoms with Gasteiger partial charge in [0.2, 0.25) is 0 Å². The average Bonchev–Trinajstić information content (AvgIpc) is 2.81. The van der Waals surface area contributed by atoms with Crippen molar-refractivity contribution >= 4 is 15.8 Å². The summed E-state index contributed by atoms with van der Waals surface area (Å²) in [5, 5.41) is 10.6. The van der Waals surface area contributed by atoms with E-state index < -0.39 is 21.3 Å². The molecule has 9 heteroatoms. The van der Waals surface area contributed by atoms with Crippen molar-refractivity contribution in [3.8, 4) is 0 Å². The third-order valence-electron chi connectivity index (χ3n) is 2.13. The fraction of sp³-hybridized carbons (Fsp3) is 0.111. The van der Waals surface area contributed by atoms with Gasteiger partial charge in [0.05, 0.1) is 4.92 Å². The second-order valence-electron chi connectivity index (χ2n) is 3.37. The molecular formula is C9H9N3O5S. The fourth-order valence-corrected chi connectivity index (χ4v) is 2.32. The van der Waals surface area contributed by atoms with E-state index in [9.17, 15) is 18.5 Å². The van der Waals surface area contributed by atoms with E-state index in [-0.39, 0.29) is 10.6 Å². The Labute approximate surface area is 103 Å². The lowest BCUT2D eigenvalue weighted by Gasteiger charge is -2.10. The van der Waals surface area contributed by atoms with Crippen LogP contribution in [0.3, 0.4) is 0 Å². The minimum absolute atomic E-state index is 0.265. The average molecular weight is 271 g/mol. The third-order valence-corrected chi connectivity index (χ3v) is 3.42. The summed E-state index contributed by atoms with van der Waals surface area (Å²) in [4.78, 5) is 9.62. The quantitative estimate of drug-likeness (QED) is 0.458. The van der Waals surface area contributed by atoms with Gasteiger partial charge in [0.1, 0.15) is 4.90 Å². The number of non-ortho nitro benzene ring substituents is 1. The summed E-state index contributed by atoms with van der Waals surface area (Å²) in [7, 11) is -4.06. The Morgan fingerprint density at radius 3 is 2.78 bits per heavy atom. The predicted molar refractivity (Wildman–Crippen MR) is 60.6 cm³/mol. The van der Waals surface area contributed by atoms with Crippen LogP contribution in [0.25, 0.3) is 0 Å². The standard InChI is InChI=1S/C9H9N3O5S/c13-12(14)7-2-1-3-8(6-7)18(15,16)17-9-4-5-10-11-9/h1-6,9-11H. The predicted octanol–water partition coefficient (Wildman–Crippen LogP) is 0.248. The molecule has 1 unspecified atom stereocenters. The lowest BCUT2D eigenvalue weighted by Crippen LogP contribution is -2.34. The first kappa shape index (κ1) is 12.5. The molecule has 0 saturated carbocycles. The van der Waals surface area contributed by atoms with Gasteiger partial charge in [-0.1, -0.05) is 6.07 Å². The second-order valence-corrected chi connectivity index (χ2v) is 4.95. The molecule has 0 aliphatic carbocycles. The van der Waals surface area contributed by atoms with Crippen molar-refractivity contribution in [1.29, 1.82) is 0 Å². The molecule has 18 heavy (non-hydrogen) atoms. The van der Waals surface area contributed by atoms with Crippen molar-refractivity contribution in [2.24, 2.45) is 0 Å². The number of hydrogen-bond acceptors (Lipinski definition) is 7. The third kappa shape index (κ3) is 2.64. The van der Waals surface area contributed by atoms with Crippen LogP contribution in [0.5, 0.6) is 0 Å². The van der Waals surface area contributed by atoms with Crippen molar-refractivity contribution in [2.45, 2.75) is 11.1 Å². The molecule has 0 amide bonds. The van der Waals surface area contributed by atoms with E-state index in [0.717, 1.165) is 6.07 Å². The number of nitrogens with zero attached hydrogens (tertiary/aromatic N) is 1. The van der Waals surface area contributed by atoms with E-state index in [0.29, 0.717) is 0 Å². The molecule has 1 atom stereocenters. The van der Waals surface area contributed by atoms with Crippen LogP contribution in [0, 0.1) is 10.1 Å². The molecule has 2 rings (SSSR count). The Morgan fingerprint density at radius 2 is 2.17 bits per heavy atom. The highest BCUT2D eigenvalue weighted by molar-refractivity contribution is 7.86. The number of hydrazine groups is 1. The smallest absolute Gasteiger partial charge is 0.299 e. The second kappa shape index (κ2) is 4.72. The monoisotopic (exact) mass is 271 g/mol. The minimum Gasteiger partial charge on any atom is -0.326 e. The van der Waals surface area contributed by atoms with E-state index >= 15 is 0 Å². The van der Waals surface area contributed by atoms with Gasteiger partial charge in [-0.3, -0.25) is 10.1 Å². The molecule has 1 heterocycles. The van der Waals surface area contributed by atoms with Crippen molar-refractivity contribution in [2.75, 3.05) is 0 Å². The number of nitrogens with one attached hydrogen (secondary N) is 2. The molecule has 96 valence electrons. The van der Waals surface area contributed by atoms with Crippen LogP contribution in [0.4, 0.5) is 5.69 Å². The number of nitro groups is 1. The lowest BCUT2D eigenvalue weighted by atomic mass is 10.3. The van der Waals surface area contributed by atoms with Gasteiger partial charge in [-0.25, -0.2) is 9.61 Å². The van der Waals surface area contributed by atoms with Crippen LogP contribution >= 0.6 is 0 Å². The van der Waals surface area contributed by atoms with E-state index in [4.69, 9.17) is 4.18 Å². The number of hydrogen-bond donors (Lipinski definition) is 2. The van der Waals surface area contributed by atoms with Crippen molar-refractivity contribution in [1.82, 2.24) is 10.9 Å². The molecule has 0 bridgehead atoms. The lowest BCUT2D eigenvalue weighted by molar-refractivity contribution is -0.385. The van der Waals surface area contributed by atoms with Crippen molar-refractivity contribution < 1.29 is 17.5 Å². The molecule has 0 spiro atoms. The van der Waals surface area contributed by atoms with E-state index in [1.807, 2.05) is 0 Å². The maximum absolute atomic E-state index is 11.8. The highest BCUT2D eigenvalue weighted by atomic mass is 32.2. The summed E-state index contributed by atoms with van der Waals surface area (Å²) in [6.07, 6.45) is 2.09. The highest BCUT2D eigenvalue weighted by Crippen LogP contribution is 2.20. The fourth-order valence-electron chi connectivity index (χ4n) is 1.31. The van der Waals surface area contributed by atoms with Gasteiger partial charge in [0.25, 0.3) is 15.8 Å². The zero-order valence-electron chi connectivity index (χ0n) is 8.94. The number of rotatable bonds is 4. The molecule has 0 saturated heterocycles. The zero-order chi connectivity index (χ0) is 13.2. The topological polar surface area (TPSA) is 111 Å². The van der Waals surface area contributed by atoms with Crippen LogP contribution in [0.15, 0.2) is 41.4 Å². The van der Waals surface area contributed by atoms with Gasteiger partial charge in [0, 0.05) is 18.3 Å². The zero-order valence-corrected chi connectivity index (χ0v) is 9.75. The van der Waals surface area contributed by atoms with Gasteiger partial charge in [-0.15, -0.1) is 0 Å². The molecule has 0 fully saturated rings. The van der Waals surface area contributed by atoms with Gasteiger partial charge in [0.15, 0.2) is 6.23 Å². The summed E-state index contributed by atoms with van der Waals surface area (Å²) >= 11 is 0. The Bertz CT molecular complexity index is 598. The Kier molecular flexibility index (Phi) is 3.28. The van der Waals surface area contributed by atoms with Gasteiger partial charge in [-0.2, -0.15) is 8.42 Å². The van der Waals surface area contributed by atoms with Crippen LogP contribution in [-0.2, 0) is 14.3 Å². The van der Waals surface area contributed by atoms with Gasteiger partial charge >= 0.3 is 0 Å². The molecular weight excluding hydrogens is 262 g/mol. The first-order valence-electron chi connectivity index (χ1n) is 4.84. The number of benzene rings is 1. The van der Waals surface area contributed by atoms with Crippen LogP contribution in [-0.4, -0.2) is 19.6 Å². The first-order chi connectivity index (χ1) is 8.49. The Morgan fingerprint density at radius 1 is 1.39 bits per heavy atom. The SMILES string of the molecule is O=[N+]([O-])c1cccc(S(=O)(=O)OC2C=CNN2)c1. The van der Waals surface area contributed by atoms with E-state index in [2.05, 4.69) is 10.9 Å². The molecule has 8 nitrogen and oxygen atoms in total. The molecule has 1 aliphatic rings. The molecule has 1 aromatic rings. The summed E-state index contributed by atoms with van der Waals surface area (Å²) < 4.78 is 28.4. The van der Waals surface area contributed by atoms with Crippen LogP contribution < -0.4 is 10.9 Å². The Balaban J connectivity index is 2.26. The molecule has 0 aromatic heterocycles. The Hall–Kier alpha value is -1.97. The molecule has 1 aromatic carbocycles. The summed E-state index contributed by atoms with van der Waals surface area (Å²) in [5.41, 5.74) is 4.76. The molecule has 1 aliphatic heterocycles. The maximum Gasteiger partial charge on any atom is 0.299 e. The van der Waals surface area contributed by atoms with Crippen LogP contribution in [0.1, 0.15) is 0 Å². The normalized spacial score (nSPS) is 18.6. The van der Waals surface area contributed by atoms with Crippen molar-refractivity contribution in [3.05, 3.63) is 46.7 Å². The summed E-state index contributed by atoms with van der Waals surface area (Å²) in [6, 6.07) is 4.66. The van der Waals surface area contributed by atoms with E-state index in [1.165, 1.54) is 30.5 Å². The number of nitro benzene ring substituents is 1. The summed E-state index contributed by atoms with van der Waals surface area (Å²) in [6.45, 7) is 0. The molecule has 0 radical (unpaired) electrons. The van der Waals surface area contributed by atoms with Crippen LogP contribution in [0.2, 0.25) is 0 Å². The van der Waals surface area contributed by atoms with Crippen molar-refractivity contribution in [3.63, 3.8) is 0 Å². The molecule has 2 N–H and O–H groups in total. The largest absolute Gasteiger partial charge is 0.326 e.